The molecule has 1 fully saturated rings. The molecule has 1 N–H and O–H groups in total. The first kappa shape index (κ1) is 11.3. The Bertz CT molecular complexity index is 474. The summed E-state index contributed by atoms with van der Waals surface area (Å²) in [7, 11) is 1.63. The van der Waals surface area contributed by atoms with E-state index in [0.717, 1.165) is 23.5 Å². The fourth-order valence-corrected chi connectivity index (χ4v) is 2.44. The van der Waals surface area contributed by atoms with Gasteiger partial charge in [0.25, 0.3) is 0 Å². The highest BCUT2D eigenvalue weighted by Gasteiger charge is 2.34. The number of methoxy groups -OCH3 is 1. The third kappa shape index (κ3) is 1.90. The van der Waals surface area contributed by atoms with E-state index in [0.29, 0.717) is 6.61 Å². The number of rotatable bonds is 1. The van der Waals surface area contributed by atoms with Crippen LogP contribution in [0.4, 0.5) is 0 Å². The molecule has 0 aliphatic carbocycles. The summed E-state index contributed by atoms with van der Waals surface area (Å²) >= 11 is 0. The Morgan fingerprint density at radius 3 is 3.17 bits per heavy atom. The Hall–Kier alpha value is -1.75. The minimum Gasteiger partial charge on any atom is -0.497 e. The molecule has 0 aromatic heterocycles. The largest absolute Gasteiger partial charge is 0.497 e. The van der Waals surface area contributed by atoms with Crippen molar-refractivity contribution in [2.45, 2.75) is 18.6 Å². The minimum absolute atomic E-state index is 0.0281. The van der Waals surface area contributed by atoms with Gasteiger partial charge in [-0.05, 0) is 18.2 Å². The molecule has 1 aromatic carbocycles. The van der Waals surface area contributed by atoms with Gasteiger partial charge in [0.2, 0.25) is 5.91 Å². The predicted octanol–water partition coefficient (Wildman–Crippen LogP) is 1.03. The Labute approximate surface area is 105 Å². The minimum atomic E-state index is -0.157. The Balaban J connectivity index is 1.99. The molecule has 18 heavy (non-hydrogen) atoms. The van der Waals surface area contributed by atoms with Crippen LogP contribution in [0.15, 0.2) is 18.2 Å². The fourth-order valence-electron chi connectivity index (χ4n) is 2.44. The lowest BCUT2D eigenvalue weighted by atomic mass is 9.98. The van der Waals surface area contributed by atoms with Crippen LogP contribution in [-0.2, 0) is 9.53 Å². The molecule has 2 heterocycles. The molecule has 96 valence electrons. The van der Waals surface area contributed by atoms with Gasteiger partial charge in [0.15, 0.2) is 0 Å². The Morgan fingerprint density at radius 1 is 1.44 bits per heavy atom. The molecule has 0 radical (unpaired) electrons. The molecule has 0 bridgehead atoms. The molecular formula is C13H15NO4. The molecule has 2 aliphatic heterocycles. The maximum atomic E-state index is 11.4. The number of nitrogens with one attached hydrogen (secondary N) is 1. The lowest BCUT2D eigenvalue weighted by molar-refractivity contribution is -0.137. The lowest BCUT2D eigenvalue weighted by Crippen LogP contribution is -2.47. The number of ether oxygens (including phenoxy) is 3. The van der Waals surface area contributed by atoms with E-state index in [9.17, 15) is 4.79 Å². The van der Waals surface area contributed by atoms with Crippen LogP contribution in [0.5, 0.6) is 11.5 Å². The zero-order chi connectivity index (χ0) is 12.5. The average molecular weight is 249 g/mol. The normalized spacial score (nSPS) is 26.2. The van der Waals surface area contributed by atoms with E-state index in [1.165, 1.54) is 0 Å². The van der Waals surface area contributed by atoms with Crippen LogP contribution in [0, 0.1) is 0 Å². The maximum absolute atomic E-state index is 11.4. The van der Waals surface area contributed by atoms with E-state index in [4.69, 9.17) is 14.2 Å². The summed E-state index contributed by atoms with van der Waals surface area (Å²) in [5.41, 5.74) is 0.942. The van der Waals surface area contributed by atoms with Gasteiger partial charge >= 0.3 is 0 Å². The summed E-state index contributed by atoms with van der Waals surface area (Å²) in [4.78, 5) is 11.4. The predicted molar refractivity (Wildman–Crippen MR) is 63.7 cm³/mol. The van der Waals surface area contributed by atoms with Crippen LogP contribution in [0.25, 0.3) is 0 Å². The van der Waals surface area contributed by atoms with Gasteiger partial charge in [-0.2, -0.15) is 0 Å². The van der Waals surface area contributed by atoms with E-state index in [1.54, 1.807) is 7.11 Å². The maximum Gasteiger partial charge on any atom is 0.246 e. The molecule has 0 saturated carbocycles. The molecule has 5 heteroatoms. The summed E-state index contributed by atoms with van der Waals surface area (Å²) in [5.74, 6) is 1.50. The van der Waals surface area contributed by atoms with Crippen LogP contribution in [-0.4, -0.2) is 32.3 Å². The molecule has 0 spiro atoms. The van der Waals surface area contributed by atoms with Crippen LogP contribution >= 0.6 is 0 Å². The van der Waals surface area contributed by atoms with Crippen molar-refractivity contribution in [1.29, 1.82) is 0 Å². The first-order valence-corrected chi connectivity index (χ1v) is 5.99. The van der Waals surface area contributed by atoms with Crippen LogP contribution < -0.4 is 14.8 Å². The van der Waals surface area contributed by atoms with Gasteiger partial charge in [-0.25, -0.2) is 0 Å². The van der Waals surface area contributed by atoms with Crippen molar-refractivity contribution in [2.24, 2.45) is 0 Å². The summed E-state index contributed by atoms with van der Waals surface area (Å²) in [6.45, 7) is 0.669. The Morgan fingerprint density at radius 2 is 2.33 bits per heavy atom. The third-order valence-electron chi connectivity index (χ3n) is 3.32. The fraction of sp³-hybridized carbons (Fsp3) is 0.462. The number of carbonyl (C=O) groups excluding carboxylic acids is 1. The van der Waals surface area contributed by atoms with Crippen LogP contribution in [0.3, 0.4) is 0 Å². The zero-order valence-electron chi connectivity index (χ0n) is 10.1. The summed E-state index contributed by atoms with van der Waals surface area (Å²) in [5, 5.41) is 2.95. The molecule has 0 unspecified atom stereocenters. The number of morpholine rings is 1. The highest BCUT2D eigenvalue weighted by atomic mass is 16.5. The number of fused-ring (bicyclic) bond motifs is 3. The molecule has 1 amide bonds. The quantitative estimate of drug-likeness (QED) is 0.807. The summed E-state index contributed by atoms with van der Waals surface area (Å²) in [6, 6.07) is 5.63. The van der Waals surface area contributed by atoms with E-state index in [-0.39, 0.29) is 24.7 Å². The Kier molecular flexibility index (Phi) is 2.83. The standard InChI is InChI=1S/C13H15NO4/c1-16-8-2-3-11-9(6-8)13-10(4-5-17-11)14-12(15)7-18-13/h2-3,6,10,13H,4-5,7H2,1H3,(H,14,15)/t10-,13-/m1/s1. The first-order valence-electron chi connectivity index (χ1n) is 5.99. The highest BCUT2D eigenvalue weighted by molar-refractivity contribution is 5.78. The summed E-state index contributed by atoms with van der Waals surface area (Å²) in [6.07, 6.45) is 0.586. The van der Waals surface area contributed by atoms with Crippen molar-refractivity contribution in [3.63, 3.8) is 0 Å². The SMILES string of the molecule is COc1ccc2c(c1)[C@H]1OCC(=O)N[C@@H]1CCO2. The molecule has 1 aromatic rings. The van der Waals surface area contributed by atoms with Gasteiger partial charge in [0, 0.05) is 12.0 Å². The van der Waals surface area contributed by atoms with Crippen molar-refractivity contribution in [1.82, 2.24) is 5.32 Å². The number of hydrogen-bond acceptors (Lipinski definition) is 4. The van der Waals surface area contributed by atoms with E-state index >= 15 is 0 Å². The average Bonchev–Trinajstić information content (AvgIpc) is 2.56. The number of carbonyl (C=O) groups is 1. The van der Waals surface area contributed by atoms with Crippen LogP contribution in [0.2, 0.25) is 0 Å². The zero-order valence-corrected chi connectivity index (χ0v) is 10.1. The topological polar surface area (TPSA) is 56.8 Å². The van der Waals surface area contributed by atoms with Gasteiger partial charge in [0.1, 0.15) is 24.2 Å². The van der Waals surface area contributed by atoms with Crippen molar-refractivity contribution in [3.05, 3.63) is 23.8 Å². The molecule has 2 atom stereocenters. The van der Waals surface area contributed by atoms with E-state index < -0.39 is 0 Å². The van der Waals surface area contributed by atoms with Crippen molar-refractivity contribution >= 4 is 5.91 Å². The van der Waals surface area contributed by atoms with Gasteiger partial charge in [-0.3, -0.25) is 4.79 Å². The molecule has 1 saturated heterocycles. The molecule has 5 nitrogen and oxygen atoms in total. The monoisotopic (exact) mass is 249 g/mol. The number of benzene rings is 1. The second kappa shape index (κ2) is 4.49. The third-order valence-corrected chi connectivity index (χ3v) is 3.32. The second-order valence-electron chi connectivity index (χ2n) is 4.45. The van der Waals surface area contributed by atoms with Gasteiger partial charge in [0.05, 0.1) is 19.8 Å². The summed E-state index contributed by atoms with van der Waals surface area (Å²) < 4.78 is 16.6. The number of amides is 1. The molecule has 3 rings (SSSR count). The van der Waals surface area contributed by atoms with E-state index in [2.05, 4.69) is 5.32 Å². The molecular weight excluding hydrogens is 234 g/mol. The van der Waals surface area contributed by atoms with Gasteiger partial charge in [-0.1, -0.05) is 0 Å². The van der Waals surface area contributed by atoms with E-state index in [1.807, 2.05) is 18.2 Å². The smallest absolute Gasteiger partial charge is 0.246 e. The van der Waals surface area contributed by atoms with Gasteiger partial charge < -0.3 is 19.5 Å². The van der Waals surface area contributed by atoms with Crippen molar-refractivity contribution in [2.75, 3.05) is 20.3 Å². The van der Waals surface area contributed by atoms with Crippen molar-refractivity contribution in [3.8, 4) is 11.5 Å². The number of hydrogen-bond donors (Lipinski definition) is 1. The molecule has 2 aliphatic rings. The highest BCUT2D eigenvalue weighted by Crippen LogP contribution is 2.37. The van der Waals surface area contributed by atoms with Crippen LogP contribution in [0.1, 0.15) is 18.1 Å². The van der Waals surface area contributed by atoms with Gasteiger partial charge in [-0.15, -0.1) is 0 Å². The van der Waals surface area contributed by atoms with Crippen molar-refractivity contribution < 1.29 is 19.0 Å². The second-order valence-corrected chi connectivity index (χ2v) is 4.45. The first-order chi connectivity index (χ1) is 8.78. The lowest BCUT2D eigenvalue weighted by Gasteiger charge is -2.31.